The molecule has 1 aliphatic carbocycles. The summed E-state index contributed by atoms with van der Waals surface area (Å²) in [6.45, 7) is 0. The third-order valence-electron chi connectivity index (χ3n) is 9.10. The summed E-state index contributed by atoms with van der Waals surface area (Å²) >= 11 is 1.93. The van der Waals surface area contributed by atoms with Crippen molar-refractivity contribution >= 4 is 69.4 Å². The first-order chi connectivity index (χ1) is 21.3. The first kappa shape index (κ1) is 24.6. The third-order valence-corrected chi connectivity index (χ3v) is 10.4. The molecule has 0 unspecified atom stereocenters. The van der Waals surface area contributed by atoms with Gasteiger partial charge in [-0.15, -0.1) is 11.3 Å². The van der Waals surface area contributed by atoms with Crippen LogP contribution < -0.4 is 0 Å². The predicted octanol–water partition coefficient (Wildman–Crippen LogP) is 12.6. The lowest BCUT2D eigenvalue weighted by atomic mass is 9.92. The zero-order chi connectivity index (χ0) is 28.3. The van der Waals surface area contributed by atoms with Gasteiger partial charge in [-0.1, -0.05) is 140 Å². The molecule has 0 radical (unpaired) electrons. The van der Waals surface area contributed by atoms with Gasteiger partial charge in [0, 0.05) is 20.2 Å². The van der Waals surface area contributed by atoms with Crippen LogP contribution >= 0.6 is 11.3 Å². The molecular weight excluding hydrogens is 537 g/mol. The van der Waals surface area contributed by atoms with E-state index in [9.17, 15) is 0 Å². The Balaban J connectivity index is 1.23. The van der Waals surface area contributed by atoms with E-state index in [1.54, 1.807) is 0 Å². The van der Waals surface area contributed by atoms with Gasteiger partial charge >= 0.3 is 0 Å². The Bertz CT molecular complexity index is 2400. The van der Waals surface area contributed by atoms with Crippen LogP contribution in [0, 0.1) is 0 Å². The number of hydrogen-bond donors (Lipinski definition) is 0. The largest absolute Gasteiger partial charge is 0.134 e. The van der Waals surface area contributed by atoms with Crippen LogP contribution in [0.1, 0.15) is 18.4 Å². The molecule has 0 saturated carbocycles. The highest BCUT2D eigenvalue weighted by Gasteiger charge is 2.15. The Morgan fingerprint density at radius 2 is 0.907 bits per heavy atom. The summed E-state index contributed by atoms with van der Waals surface area (Å²) in [5, 5.41) is 10.5. The fraction of sp³-hybridized carbons (Fsp3) is 0.0476. The van der Waals surface area contributed by atoms with Gasteiger partial charge in [0.15, 0.2) is 0 Å². The molecular formula is C42H28S. The van der Waals surface area contributed by atoms with Gasteiger partial charge in [0.1, 0.15) is 0 Å². The SMILES string of the molecule is C1=CC(c2ccc(-c3cccc4c3sc3c(-c5ccc6c7ccccc7c7ccccc7c6c5)cccc34)cc2)=CCC1. The fourth-order valence-corrected chi connectivity index (χ4v) is 8.39. The van der Waals surface area contributed by atoms with Gasteiger partial charge in [0.25, 0.3) is 0 Å². The summed E-state index contributed by atoms with van der Waals surface area (Å²) in [6.07, 6.45) is 9.15. The molecule has 202 valence electrons. The number of thiophene rings is 1. The lowest BCUT2D eigenvalue weighted by molar-refractivity contribution is 1.04. The molecule has 0 bridgehead atoms. The number of benzene rings is 7. The van der Waals surface area contributed by atoms with Crippen LogP contribution in [0.5, 0.6) is 0 Å². The number of hydrogen-bond acceptors (Lipinski definition) is 1. The van der Waals surface area contributed by atoms with Crippen molar-refractivity contribution in [3.05, 3.63) is 151 Å². The number of rotatable bonds is 3. The van der Waals surface area contributed by atoms with Crippen molar-refractivity contribution in [1.82, 2.24) is 0 Å². The molecule has 9 rings (SSSR count). The maximum absolute atomic E-state index is 2.41. The molecule has 0 aliphatic heterocycles. The van der Waals surface area contributed by atoms with E-state index in [1.165, 1.54) is 85.9 Å². The number of allylic oxidation sites excluding steroid dienone is 4. The molecule has 1 heterocycles. The van der Waals surface area contributed by atoms with Gasteiger partial charge in [0.05, 0.1) is 0 Å². The Morgan fingerprint density at radius 1 is 0.395 bits per heavy atom. The lowest BCUT2D eigenvalue weighted by Gasteiger charge is -2.12. The Kier molecular flexibility index (Phi) is 5.61. The molecule has 0 atom stereocenters. The molecule has 43 heavy (non-hydrogen) atoms. The van der Waals surface area contributed by atoms with Crippen molar-refractivity contribution in [3.63, 3.8) is 0 Å². The van der Waals surface area contributed by atoms with Gasteiger partial charge in [-0.25, -0.2) is 0 Å². The van der Waals surface area contributed by atoms with Crippen molar-refractivity contribution in [2.75, 3.05) is 0 Å². The molecule has 8 aromatic rings. The molecule has 1 heteroatoms. The van der Waals surface area contributed by atoms with E-state index in [2.05, 4.69) is 146 Å². The molecule has 1 aliphatic rings. The van der Waals surface area contributed by atoms with Crippen LogP contribution in [0.3, 0.4) is 0 Å². The predicted molar refractivity (Wildman–Crippen MR) is 189 cm³/mol. The summed E-state index contributed by atoms with van der Waals surface area (Å²) in [5.41, 5.74) is 7.77. The molecule has 0 nitrogen and oxygen atoms in total. The van der Waals surface area contributed by atoms with E-state index >= 15 is 0 Å². The summed E-state index contributed by atoms with van der Waals surface area (Å²) in [4.78, 5) is 0. The monoisotopic (exact) mass is 564 g/mol. The van der Waals surface area contributed by atoms with E-state index in [0.717, 1.165) is 12.8 Å². The highest BCUT2D eigenvalue weighted by atomic mass is 32.1. The van der Waals surface area contributed by atoms with Crippen LogP contribution in [-0.4, -0.2) is 0 Å². The van der Waals surface area contributed by atoms with Crippen LogP contribution in [-0.2, 0) is 0 Å². The second-order valence-electron chi connectivity index (χ2n) is 11.5. The average molecular weight is 565 g/mol. The summed E-state index contributed by atoms with van der Waals surface area (Å²) in [5.74, 6) is 0. The van der Waals surface area contributed by atoms with E-state index in [1.807, 2.05) is 11.3 Å². The van der Waals surface area contributed by atoms with Crippen LogP contribution in [0.15, 0.2) is 146 Å². The molecule has 0 amide bonds. The molecule has 0 spiro atoms. The molecule has 7 aromatic carbocycles. The second kappa shape index (κ2) is 9.80. The van der Waals surface area contributed by atoms with Gasteiger partial charge in [-0.05, 0) is 84.6 Å². The standard InChI is InChI=1S/C42H28S/c1-2-10-27(11-3-1)28-20-22-29(23-21-28)31-16-8-18-38-39-19-9-17-32(42(39)43-41(31)38)30-24-25-37-35-14-5-4-12-33(35)34-13-6-7-15-36(34)40(37)26-30/h2,4-26H,1,3H2. The smallest absolute Gasteiger partial charge is 0.0434 e. The summed E-state index contributed by atoms with van der Waals surface area (Å²) < 4.78 is 2.70. The molecule has 0 saturated heterocycles. The van der Waals surface area contributed by atoms with Crippen LogP contribution in [0.25, 0.3) is 80.3 Å². The maximum atomic E-state index is 2.41. The van der Waals surface area contributed by atoms with Gasteiger partial charge in [-0.3, -0.25) is 0 Å². The summed E-state index contributed by atoms with van der Waals surface area (Å²) in [6, 6.07) is 47.4. The van der Waals surface area contributed by atoms with Crippen molar-refractivity contribution in [3.8, 4) is 22.3 Å². The fourth-order valence-electron chi connectivity index (χ4n) is 7.02. The highest BCUT2D eigenvalue weighted by molar-refractivity contribution is 7.26. The molecule has 1 aromatic heterocycles. The maximum Gasteiger partial charge on any atom is 0.0434 e. The Labute approximate surface area is 254 Å². The van der Waals surface area contributed by atoms with E-state index < -0.39 is 0 Å². The summed E-state index contributed by atoms with van der Waals surface area (Å²) in [7, 11) is 0. The van der Waals surface area contributed by atoms with Crippen LogP contribution in [0.2, 0.25) is 0 Å². The zero-order valence-corrected chi connectivity index (χ0v) is 24.5. The first-order valence-electron chi connectivity index (χ1n) is 15.1. The topological polar surface area (TPSA) is 0 Å². The zero-order valence-electron chi connectivity index (χ0n) is 23.7. The average Bonchev–Trinajstić information content (AvgIpc) is 3.48. The minimum Gasteiger partial charge on any atom is -0.134 e. The van der Waals surface area contributed by atoms with Crippen molar-refractivity contribution in [1.29, 1.82) is 0 Å². The van der Waals surface area contributed by atoms with Gasteiger partial charge in [0.2, 0.25) is 0 Å². The normalized spacial score (nSPS) is 13.4. The third kappa shape index (κ3) is 3.89. The first-order valence-corrected chi connectivity index (χ1v) is 15.9. The number of fused-ring (bicyclic) bond motifs is 9. The minimum atomic E-state index is 1.13. The Hall–Kier alpha value is -4.98. The highest BCUT2D eigenvalue weighted by Crippen LogP contribution is 2.45. The van der Waals surface area contributed by atoms with Crippen molar-refractivity contribution in [2.45, 2.75) is 12.8 Å². The minimum absolute atomic E-state index is 1.13. The van der Waals surface area contributed by atoms with E-state index in [-0.39, 0.29) is 0 Å². The van der Waals surface area contributed by atoms with E-state index in [0.29, 0.717) is 0 Å². The quantitative estimate of drug-likeness (QED) is 0.187. The molecule has 0 N–H and O–H groups in total. The van der Waals surface area contributed by atoms with E-state index in [4.69, 9.17) is 0 Å². The van der Waals surface area contributed by atoms with Gasteiger partial charge < -0.3 is 0 Å². The van der Waals surface area contributed by atoms with Crippen molar-refractivity contribution in [2.24, 2.45) is 0 Å². The molecule has 0 fully saturated rings. The van der Waals surface area contributed by atoms with Crippen molar-refractivity contribution < 1.29 is 0 Å². The van der Waals surface area contributed by atoms with Gasteiger partial charge in [-0.2, -0.15) is 0 Å². The lowest BCUT2D eigenvalue weighted by Crippen LogP contribution is -1.86. The van der Waals surface area contributed by atoms with Crippen LogP contribution in [0.4, 0.5) is 0 Å². The Morgan fingerprint density at radius 3 is 1.51 bits per heavy atom. The second-order valence-corrected chi connectivity index (χ2v) is 12.6.